The molecule has 0 nitrogen and oxygen atoms in total. The van der Waals surface area contributed by atoms with Gasteiger partial charge in [-0.1, -0.05) is 63.3 Å². The van der Waals surface area contributed by atoms with E-state index in [1.165, 1.54) is 70.6 Å². The summed E-state index contributed by atoms with van der Waals surface area (Å²) in [4.78, 5) is 0. The van der Waals surface area contributed by atoms with Crippen LogP contribution in [-0.2, 0) is 0 Å². The Labute approximate surface area is 131 Å². The average Bonchev–Trinajstić information content (AvgIpc) is 2.57. The van der Waals surface area contributed by atoms with E-state index >= 15 is 0 Å². The maximum Gasteiger partial charge on any atom is -0.0162 e. The lowest BCUT2D eigenvalue weighted by Gasteiger charge is -2.29. The van der Waals surface area contributed by atoms with Crippen LogP contribution >= 0.6 is 0 Å². The highest BCUT2D eigenvalue weighted by molar-refractivity contribution is 5.28. The largest absolute Gasteiger partial charge is 0.0654 e. The van der Waals surface area contributed by atoms with Crippen LogP contribution in [0.3, 0.4) is 0 Å². The highest BCUT2D eigenvalue weighted by Gasteiger charge is 2.22. The zero-order chi connectivity index (χ0) is 14.5. The molecule has 1 aromatic rings. The van der Waals surface area contributed by atoms with Crippen LogP contribution in [-0.4, -0.2) is 0 Å². The summed E-state index contributed by atoms with van der Waals surface area (Å²) in [5.74, 6) is 2.72. The van der Waals surface area contributed by atoms with Crippen LogP contribution in [0, 0.1) is 5.92 Å². The predicted molar refractivity (Wildman–Crippen MR) is 91.9 cm³/mol. The smallest absolute Gasteiger partial charge is 0.0162 e. The predicted octanol–water partition coefficient (Wildman–Crippen LogP) is 6.81. The van der Waals surface area contributed by atoms with Crippen molar-refractivity contribution < 1.29 is 0 Å². The molecule has 2 fully saturated rings. The normalized spacial score (nSPS) is 27.7. The molecule has 0 unspecified atom stereocenters. The summed E-state index contributed by atoms with van der Waals surface area (Å²) in [6.45, 7) is 2.33. The molecule has 0 bridgehead atoms. The van der Waals surface area contributed by atoms with Gasteiger partial charge in [-0.15, -0.1) is 0 Å². The molecule has 1 aromatic carbocycles. The molecule has 21 heavy (non-hydrogen) atoms. The van der Waals surface area contributed by atoms with Gasteiger partial charge in [0.25, 0.3) is 0 Å². The first-order chi connectivity index (χ1) is 10.4. The van der Waals surface area contributed by atoms with Crippen molar-refractivity contribution in [3.05, 3.63) is 35.4 Å². The monoisotopic (exact) mass is 284 g/mol. The SMILES string of the molecule is CCCC1CCC(c2ccc(C3CCCCC3)cc2)CC1. The molecule has 0 amide bonds. The quantitative estimate of drug-likeness (QED) is 0.569. The first-order valence-electron chi connectivity index (χ1n) is 9.46. The van der Waals surface area contributed by atoms with Crippen molar-refractivity contribution in [1.29, 1.82) is 0 Å². The molecule has 0 heteroatoms. The molecule has 0 N–H and O–H groups in total. The van der Waals surface area contributed by atoms with Crippen LogP contribution in [0.5, 0.6) is 0 Å². The summed E-state index contributed by atoms with van der Waals surface area (Å²) in [5, 5.41) is 0. The number of benzene rings is 1. The summed E-state index contributed by atoms with van der Waals surface area (Å²) in [7, 11) is 0. The van der Waals surface area contributed by atoms with Crippen LogP contribution in [0.4, 0.5) is 0 Å². The molecule has 0 heterocycles. The lowest BCUT2D eigenvalue weighted by atomic mass is 9.76. The van der Waals surface area contributed by atoms with Crippen LogP contribution in [0.25, 0.3) is 0 Å². The summed E-state index contributed by atoms with van der Waals surface area (Å²) in [6, 6.07) is 9.80. The standard InChI is InChI=1S/C21H32/c1-2-6-17-9-11-19(12-10-17)21-15-13-20(14-16-21)18-7-4-3-5-8-18/h13-19H,2-12H2,1H3. The lowest BCUT2D eigenvalue weighted by Crippen LogP contribution is -2.13. The van der Waals surface area contributed by atoms with Crippen molar-refractivity contribution in [2.75, 3.05) is 0 Å². The third-order valence-corrected chi connectivity index (χ3v) is 6.03. The Morgan fingerprint density at radius 2 is 1.24 bits per heavy atom. The van der Waals surface area contributed by atoms with E-state index in [2.05, 4.69) is 31.2 Å². The molecule has 0 saturated heterocycles. The maximum atomic E-state index is 2.45. The van der Waals surface area contributed by atoms with Gasteiger partial charge < -0.3 is 0 Å². The Morgan fingerprint density at radius 1 is 0.714 bits per heavy atom. The highest BCUT2D eigenvalue weighted by Crippen LogP contribution is 2.38. The van der Waals surface area contributed by atoms with E-state index in [0.29, 0.717) is 0 Å². The van der Waals surface area contributed by atoms with Crippen molar-refractivity contribution in [1.82, 2.24) is 0 Å². The summed E-state index contributed by atoms with van der Waals surface area (Å²) < 4.78 is 0. The number of hydrogen-bond donors (Lipinski definition) is 0. The molecule has 116 valence electrons. The topological polar surface area (TPSA) is 0 Å². The van der Waals surface area contributed by atoms with Gasteiger partial charge in [0, 0.05) is 0 Å². The molecular weight excluding hydrogens is 252 g/mol. The zero-order valence-electron chi connectivity index (χ0n) is 13.8. The van der Waals surface area contributed by atoms with E-state index in [9.17, 15) is 0 Å². The Morgan fingerprint density at radius 3 is 1.76 bits per heavy atom. The third-order valence-electron chi connectivity index (χ3n) is 6.03. The van der Waals surface area contributed by atoms with Gasteiger partial charge in [0.2, 0.25) is 0 Å². The fraction of sp³-hybridized carbons (Fsp3) is 0.714. The van der Waals surface area contributed by atoms with Gasteiger partial charge in [0.05, 0.1) is 0 Å². The second-order valence-electron chi connectivity index (χ2n) is 7.51. The van der Waals surface area contributed by atoms with E-state index in [4.69, 9.17) is 0 Å². The van der Waals surface area contributed by atoms with Gasteiger partial charge >= 0.3 is 0 Å². The van der Waals surface area contributed by atoms with Crippen LogP contribution < -0.4 is 0 Å². The molecule has 2 aliphatic rings. The van der Waals surface area contributed by atoms with Gasteiger partial charge in [-0.2, -0.15) is 0 Å². The second kappa shape index (κ2) is 7.47. The van der Waals surface area contributed by atoms with Gasteiger partial charge in [-0.05, 0) is 67.4 Å². The van der Waals surface area contributed by atoms with Crippen LogP contribution in [0.1, 0.15) is 101 Å². The van der Waals surface area contributed by atoms with Gasteiger partial charge in [-0.25, -0.2) is 0 Å². The van der Waals surface area contributed by atoms with Gasteiger partial charge in [-0.3, -0.25) is 0 Å². The van der Waals surface area contributed by atoms with E-state index in [1.807, 2.05) is 0 Å². The fourth-order valence-electron chi connectivity index (χ4n) is 4.67. The minimum absolute atomic E-state index is 0.846. The fourth-order valence-corrected chi connectivity index (χ4v) is 4.67. The van der Waals surface area contributed by atoms with E-state index in [-0.39, 0.29) is 0 Å². The molecule has 0 spiro atoms. The zero-order valence-corrected chi connectivity index (χ0v) is 13.8. The third kappa shape index (κ3) is 3.90. The molecular formula is C21H32. The Hall–Kier alpha value is -0.780. The Balaban J connectivity index is 1.57. The van der Waals surface area contributed by atoms with Gasteiger partial charge in [0.15, 0.2) is 0 Å². The number of hydrogen-bond acceptors (Lipinski definition) is 0. The molecule has 3 rings (SSSR count). The minimum atomic E-state index is 0.846. The van der Waals surface area contributed by atoms with Crippen molar-refractivity contribution in [2.45, 2.75) is 89.4 Å². The number of rotatable bonds is 4. The summed E-state index contributed by atoms with van der Waals surface area (Å²) in [5.41, 5.74) is 3.22. The van der Waals surface area contributed by atoms with E-state index < -0.39 is 0 Å². The van der Waals surface area contributed by atoms with E-state index in [1.54, 1.807) is 11.1 Å². The molecule has 0 aliphatic heterocycles. The average molecular weight is 284 g/mol. The van der Waals surface area contributed by atoms with Gasteiger partial charge in [0.1, 0.15) is 0 Å². The summed E-state index contributed by atoms with van der Waals surface area (Å²) in [6.07, 6.45) is 15.8. The molecule has 0 aromatic heterocycles. The molecule has 2 aliphatic carbocycles. The van der Waals surface area contributed by atoms with Crippen LogP contribution in [0.15, 0.2) is 24.3 Å². The second-order valence-corrected chi connectivity index (χ2v) is 7.51. The molecule has 2 saturated carbocycles. The van der Waals surface area contributed by atoms with Crippen molar-refractivity contribution in [2.24, 2.45) is 5.92 Å². The van der Waals surface area contributed by atoms with Crippen molar-refractivity contribution in [3.63, 3.8) is 0 Å². The lowest BCUT2D eigenvalue weighted by molar-refractivity contribution is 0.308. The first kappa shape index (κ1) is 15.1. The molecule has 0 atom stereocenters. The van der Waals surface area contributed by atoms with Crippen molar-refractivity contribution >= 4 is 0 Å². The Bertz CT molecular complexity index is 402. The maximum absolute atomic E-state index is 2.45. The van der Waals surface area contributed by atoms with E-state index in [0.717, 1.165) is 17.8 Å². The summed E-state index contributed by atoms with van der Waals surface area (Å²) >= 11 is 0. The van der Waals surface area contributed by atoms with Crippen molar-refractivity contribution in [3.8, 4) is 0 Å². The Kier molecular flexibility index (Phi) is 5.38. The highest BCUT2D eigenvalue weighted by atomic mass is 14.3. The first-order valence-corrected chi connectivity index (χ1v) is 9.46. The van der Waals surface area contributed by atoms with Crippen LogP contribution in [0.2, 0.25) is 0 Å². The molecule has 0 radical (unpaired) electrons. The minimum Gasteiger partial charge on any atom is -0.0654 e.